The number of hydrogen-bond acceptors (Lipinski definition) is 4. The van der Waals surface area contributed by atoms with E-state index >= 15 is 0 Å². The summed E-state index contributed by atoms with van der Waals surface area (Å²) in [6, 6.07) is 0. The summed E-state index contributed by atoms with van der Waals surface area (Å²) >= 11 is 1.10. The van der Waals surface area contributed by atoms with Crippen molar-refractivity contribution < 1.29 is 19.4 Å². The number of carbonyl (C=O) groups is 2. The molecule has 2 N–H and O–H groups in total. The quantitative estimate of drug-likeness (QED) is 0.739. The predicted octanol–water partition coefficient (Wildman–Crippen LogP) is 0.489. The molecule has 0 aromatic heterocycles. The van der Waals surface area contributed by atoms with Crippen molar-refractivity contribution in [1.82, 2.24) is 5.32 Å². The van der Waals surface area contributed by atoms with Crippen LogP contribution < -0.4 is 5.32 Å². The van der Waals surface area contributed by atoms with Crippen LogP contribution in [0.3, 0.4) is 0 Å². The maximum Gasteiger partial charge on any atom is 0.313 e. The van der Waals surface area contributed by atoms with Gasteiger partial charge in [0.25, 0.3) is 0 Å². The van der Waals surface area contributed by atoms with Crippen molar-refractivity contribution in [1.29, 1.82) is 0 Å². The van der Waals surface area contributed by atoms with Gasteiger partial charge in [0.15, 0.2) is 0 Å². The Morgan fingerprint density at radius 2 is 2.25 bits per heavy atom. The Balaban J connectivity index is 2.24. The van der Waals surface area contributed by atoms with Gasteiger partial charge >= 0.3 is 5.97 Å². The van der Waals surface area contributed by atoms with E-state index in [1.807, 2.05) is 6.92 Å². The second-order valence-electron chi connectivity index (χ2n) is 4.15. The summed E-state index contributed by atoms with van der Waals surface area (Å²) in [4.78, 5) is 21.8. The summed E-state index contributed by atoms with van der Waals surface area (Å²) < 4.78 is 5.31. The molecule has 0 radical (unpaired) electrons. The third kappa shape index (κ3) is 4.85. The molecule has 1 saturated heterocycles. The van der Waals surface area contributed by atoms with Gasteiger partial charge in [0.1, 0.15) is 0 Å². The molecule has 0 saturated carbocycles. The molecule has 1 unspecified atom stereocenters. The van der Waals surface area contributed by atoms with E-state index in [1.54, 1.807) is 0 Å². The summed E-state index contributed by atoms with van der Waals surface area (Å²) in [6.07, 6.45) is 1.85. The van der Waals surface area contributed by atoms with Crippen molar-refractivity contribution in [3.63, 3.8) is 0 Å². The minimum Gasteiger partial charge on any atom is -0.481 e. The molecule has 1 amide bonds. The molecule has 5 nitrogen and oxygen atoms in total. The van der Waals surface area contributed by atoms with Gasteiger partial charge in [-0.1, -0.05) is 0 Å². The smallest absolute Gasteiger partial charge is 0.313 e. The highest BCUT2D eigenvalue weighted by atomic mass is 32.2. The Labute approximate surface area is 98.9 Å². The predicted molar refractivity (Wildman–Crippen MR) is 61.6 cm³/mol. The number of carboxylic acid groups (broad SMARTS) is 1. The average Bonchev–Trinajstić information content (AvgIpc) is 2.17. The lowest BCUT2D eigenvalue weighted by molar-refractivity contribution is -0.133. The van der Waals surface area contributed by atoms with Crippen LogP contribution in [0.15, 0.2) is 0 Å². The number of amides is 1. The summed E-state index contributed by atoms with van der Waals surface area (Å²) in [7, 11) is 0. The highest BCUT2D eigenvalue weighted by Gasteiger charge is 2.28. The van der Waals surface area contributed by atoms with Crippen LogP contribution in [0.4, 0.5) is 0 Å². The topological polar surface area (TPSA) is 75.6 Å². The maximum absolute atomic E-state index is 11.5. The average molecular weight is 247 g/mol. The first-order chi connectivity index (χ1) is 7.52. The molecule has 92 valence electrons. The molecule has 1 rings (SSSR count). The van der Waals surface area contributed by atoms with Gasteiger partial charge in [0, 0.05) is 6.61 Å². The second kappa shape index (κ2) is 6.10. The van der Waals surface area contributed by atoms with E-state index in [1.165, 1.54) is 0 Å². The van der Waals surface area contributed by atoms with Gasteiger partial charge in [-0.25, -0.2) is 0 Å². The summed E-state index contributed by atoms with van der Waals surface area (Å²) in [6.45, 7) is 3.23. The van der Waals surface area contributed by atoms with E-state index in [2.05, 4.69) is 5.32 Å². The zero-order valence-electron chi connectivity index (χ0n) is 9.32. The molecular weight excluding hydrogens is 230 g/mol. The number of hydrogen-bond donors (Lipinski definition) is 2. The van der Waals surface area contributed by atoms with Gasteiger partial charge in [-0.3, -0.25) is 9.59 Å². The third-order valence-corrected chi connectivity index (χ3v) is 3.26. The Kier molecular flexibility index (Phi) is 5.08. The van der Waals surface area contributed by atoms with Gasteiger partial charge in [0.05, 0.1) is 23.7 Å². The molecule has 1 heterocycles. The third-order valence-electron chi connectivity index (χ3n) is 2.34. The van der Waals surface area contributed by atoms with Gasteiger partial charge < -0.3 is 15.2 Å². The summed E-state index contributed by atoms with van der Waals surface area (Å²) in [5.74, 6) is -0.882. The zero-order valence-corrected chi connectivity index (χ0v) is 10.1. The number of thioether (sulfide) groups is 1. The Morgan fingerprint density at radius 3 is 2.81 bits per heavy atom. The van der Waals surface area contributed by atoms with Gasteiger partial charge in [0.2, 0.25) is 5.91 Å². The summed E-state index contributed by atoms with van der Waals surface area (Å²) in [5.41, 5.74) is -0.293. The second-order valence-corrected chi connectivity index (χ2v) is 5.14. The first kappa shape index (κ1) is 13.3. The minimum atomic E-state index is -0.898. The van der Waals surface area contributed by atoms with Crippen LogP contribution in [0.25, 0.3) is 0 Å². The van der Waals surface area contributed by atoms with Crippen LogP contribution in [-0.4, -0.2) is 47.2 Å². The van der Waals surface area contributed by atoms with E-state index in [0.717, 1.165) is 31.2 Å². The molecular formula is C10H17NO4S. The standard InChI is InChI=1S/C10H17NO4S/c1-10(3-2-4-15-7-10)11-8(12)5-16-6-9(13)14/h2-7H2,1H3,(H,11,12)(H,13,14). The molecule has 1 atom stereocenters. The van der Waals surface area contributed by atoms with E-state index in [9.17, 15) is 9.59 Å². The number of carboxylic acids is 1. The lowest BCUT2D eigenvalue weighted by atomic mass is 9.95. The van der Waals surface area contributed by atoms with Crippen LogP contribution in [0.1, 0.15) is 19.8 Å². The zero-order chi connectivity index (χ0) is 12.0. The molecule has 16 heavy (non-hydrogen) atoms. The number of aliphatic carboxylic acids is 1. The lowest BCUT2D eigenvalue weighted by Crippen LogP contribution is -2.52. The first-order valence-electron chi connectivity index (χ1n) is 5.20. The molecule has 1 aliphatic rings. The number of carbonyl (C=O) groups excluding carboxylic acids is 1. The van der Waals surface area contributed by atoms with Crippen molar-refractivity contribution in [3.8, 4) is 0 Å². The van der Waals surface area contributed by atoms with E-state index in [4.69, 9.17) is 9.84 Å². The maximum atomic E-state index is 11.5. The normalized spacial score (nSPS) is 25.1. The van der Waals surface area contributed by atoms with Crippen molar-refractivity contribution in [2.75, 3.05) is 24.7 Å². The highest BCUT2D eigenvalue weighted by Crippen LogP contribution is 2.18. The van der Waals surface area contributed by atoms with Crippen LogP contribution in [-0.2, 0) is 14.3 Å². The molecule has 6 heteroatoms. The fourth-order valence-corrected chi connectivity index (χ4v) is 2.17. The number of nitrogens with one attached hydrogen (secondary N) is 1. The Bertz CT molecular complexity index is 264. The van der Waals surface area contributed by atoms with Crippen LogP contribution in [0.2, 0.25) is 0 Å². The molecule has 0 bridgehead atoms. The van der Waals surface area contributed by atoms with Gasteiger partial charge in [-0.05, 0) is 19.8 Å². The van der Waals surface area contributed by atoms with Crippen molar-refractivity contribution in [3.05, 3.63) is 0 Å². The Hall–Kier alpha value is -0.750. The molecule has 1 aliphatic heterocycles. The van der Waals surface area contributed by atoms with Crippen LogP contribution >= 0.6 is 11.8 Å². The van der Waals surface area contributed by atoms with Gasteiger partial charge in [-0.2, -0.15) is 0 Å². The van der Waals surface area contributed by atoms with Gasteiger partial charge in [-0.15, -0.1) is 11.8 Å². The van der Waals surface area contributed by atoms with Crippen LogP contribution in [0, 0.1) is 0 Å². The van der Waals surface area contributed by atoms with E-state index < -0.39 is 5.97 Å². The molecule has 1 fully saturated rings. The van der Waals surface area contributed by atoms with E-state index in [-0.39, 0.29) is 23.0 Å². The Morgan fingerprint density at radius 1 is 1.50 bits per heavy atom. The lowest BCUT2D eigenvalue weighted by Gasteiger charge is -2.34. The number of ether oxygens (including phenoxy) is 1. The first-order valence-corrected chi connectivity index (χ1v) is 6.36. The molecule has 0 aromatic rings. The van der Waals surface area contributed by atoms with E-state index in [0.29, 0.717) is 6.61 Å². The number of rotatable bonds is 5. The van der Waals surface area contributed by atoms with Crippen molar-refractivity contribution in [2.45, 2.75) is 25.3 Å². The monoisotopic (exact) mass is 247 g/mol. The summed E-state index contributed by atoms with van der Waals surface area (Å²) in [5, 5.41) is 11.3. The van der Waals surface area contributed by atoms with Crippen molar-refractivity contribution >= 4 is 23.6 Å². The fourth-order valence-electron chi connectivity index (χ4n) is 1.64. The SMILES string of the molecule is CC1(NC(=O)CSCC(=O)O)CCCOC1. The fraction of sp³-hybridized carbons (Fsp3) is 0.800. The largest absolute Gasteiger partial charge is 0.481 e. The molecule has 0 aromatic carbocycles. The van der Waals surface area contributed by atoms with Crippen molar-refractivity contribution in [2.24, 2.45) is 0 Å². The minimum absolute atomic E-state index is 0.0410. The molecule has 0 spiro atoms. The van der Waals surface area contributed by atoms with Crippen LogP contribution in [0.5, 0.6) is 0 Å². The highest BCUT2D eigenvalue weighted by molar-refractivity contribution is 8.00. The molecule has 0 aliphatic carbocycles.